The van der Waals surface area contributed by atoms with Crippen LogP contribution in [0, 0.1) is 13.8 Å². The quantitative estimate of drug-likeness (QED) is 0.702. The van der Waals surface area contributed by atoms with E-state index in [0.29, 0.717) is 28.1 Å². The average Bonchev–Trinajstić information content (AvgIpc) is 2.90. The van der Waals surface area contributed by atoms with Gasteiger partial charge in [0.15, 0.2) is 11.2 Å². The van der Waals surface area contributed by atoms with Gasteiger partial charge in [-0.3, -0.25) is 25.2 Å². The number of benzene rings is 1. The molecular formula is C17H14N2O5. The number of rotatable bonds is 2. The van der Waals surface area contributed by atoms with Gasteiger partial charge >= 0.3 is 5.91 Å². The Morgan fingerprint density at radius 1 is 0.958 bits per heavy atom. The van der Waals surface area contributed by atoms with Gasteiger partial charge in [-0.05, 0) is 32.0 Å². The number of fused-ring (bicyclic) bond motifs is 1. The van der Waals surface area contributed by atoms with Crippen LogP contribution in [0.15, 0.2) is 50.0 Å². The maximum Gasteiger partial charge on any atom is 0.305 e. The predicted molar refractivity (Wildman–Crippen MR) is 85.6 cm³/mol. The second kappa shape index (κ2) is 6.04. The third kappa shape index (κ3) is 2.91. The van der Waals surface area contributed by atoms with Gasteiger partial charge in [0.25, 0.3) is 5.91 Å². The molecule has 1 aromatic carbocycles. The minimum atomic E-state index is -0.732. The second-order valence-electron chi connectivity index (χ2n) is 5.21. The summed E-state index contributed by atoms with van der Waals surface area (Å²) in [4.78, 5) is 36.1. The van der Waals surface area contributed by atoms with Crippen molar-refractivity contribution in [1.82, 2.24) is 10.9 Å². The van der Waals surface area contributed by atoms with Gasteiger partial charge in [0.2, 0.25) is 0 Å². The van der Waals surface area contributed by atoms with Crippen molar-refractivity contribution in [3.8, 4) is 0 Å². The summed E-state index contributed by atoms with van der Waals surface area (Å²) in [5.74, 6) is -0.426. The Morgan fingerprint density at radius 2 is 1.67 bits per heavy atom. The van der Waals surface area contributed by atoms with Crippen LogP contribution < -0.4 is 16.3 Å². The van der Waals surface area contributed by atoms with E-state index in [2.05, 4.69) is 10.9 Å². The van der Waals surface area contributed by atoms with Gasteiger partial charge in [-0.25, -0.2) is 0 Å². The smallest absolute Gasteiger partial charge is 0.305 e. The van der Waals surface area contributed by atoms with Crippen LogP contribution in [0.1, 0.15) is 32.4 Å². The molecule has 2 aromatic heterocycles. The molecule has 0 aliphatic rings. The Hall–Kier alpha value is -3.35. The second-order valence-corrected chi connectivity index (χ2v) is 5.21. The van der Waals surface area contributed by atoms with Gasteiger partial charge in [-0.2, -0.15) is 0 Å². The number of furan rings is 1. The van der Waals surface area contributed by atoms with Crippen molar-refractivity contribution in [3.05, 3.63) is 69.5 Å². The number of aryl methyl sites for hydroxylation is 2. The third-order valence-electron chi connectivity index (χ3n) is 3.43. The Balaban J connectivity index is 1.77. The van der Waals surface area contributed by atoms with Crippen LogP contribution >= 0.6 is 0 Å². The normalized spacial score (nSPS) is 10.6. The molecule has 24 heavy (non-hydrogen) atoms. The van der Waals surface area contributed by atoms with Crippen molar-refractivity contribution < 1.29 is 18.4 Å². The summed E-state index contributed by atoms with van der Waals surface area (Å²) in [6.45, 7) is 3.36. The first-order valence-electron chi connectivity index (χ1n) is 7.16. The maximum absolute atomic E-state index is 12.1. The highest BCUT2D eigenvalue weighted by Gasteiger charge is 2.16. The molecule has 0 radical (unpaired) electrons. The zero-order chi connectivity index (χ0) is 17.3. The lowest BCUT2D eigenvalue weighted by Gasteiger charge is -2.06. The first-order chi connectivity index (χ1) is 11.5. The fourth-order valence-corrected chi connectivity index (χ4v) is 2.31. The molecule has 0 saturated carbocycles. The molecular weight excluding hydrogens is 312 g/mol. The summed E-state index contributed by atoms with van der Waals surface area (Å²) in [5, 5.41) is 0.377. The Bertz CT molecular complexity index is 1000. The molecule has 2 N–H and O–H groups in total. The molecule has 0 atom stereocenters. The predicted octanol–water partition coefficient (Wildman–Crippen LogP) is 2.08. The third-order valence-corrected chi connectivity index (χ3v) is 3.43. The number of nitrogens with one attached hydrogen (secondary N) is 2. The van der Waals surface area contributed by atoms with E-state index in [0.717, 1.165) is 6.07 Å². The number of hydrogen-bond acceptors (Lipinski definition) is 5. The SMILES string of the molecule is Cc1cc(C(=O)NNC(=O)c2cc(=O)c3ccccc3o2)c(C)o1. The van der Waals surface area contributed by atoms with Crippen molar-refractivity contribution in [2.45, 2.75) is 13.8 Å². The van der Waals surface area contributed by atoms with Gasteiger partial charge in [0.1, 0.15) is 17.1 Å². The van der Waals surface area contributed by atoms with Crippen LogP contribution in [-0.4, -0.2) is 11.8 Å². The van der Waals surface area contributed by atoms with Gasteiger partial charge in [0, 0.05) is 6.07 Å². The fraction of sp³-hybridized carbons (Fsp3) is 0.118. The summed E-state index contributed by atoms with van der Waals surface area (Å²) in [6.07, 6.45) is 0. The van der Waals surface area contributed by atoms with Gasteiger partial charge in [-0.1, -0.05) is 12.1 Å². The van der Waals surface area contributed by atoms with Crippen LogP contribution in [0.25, 0.3) is 11.0 Å². The fourth-order valence-electron chi connectivity index (χ4n) is 2.31. The Labute approximate surface area is 136 Å². The topological polar surface area (TPSA) is 102 Å². The molecule has 0 aliphatic heterocycles. The minimum absolute atomic E-state index is 0.195. The summed E-state index contributed by atoms with van der Waals surface area (Å²) < 4.78 is 10.6. The summed E-state index contributed by atoms with van der Waals surface area (Å²) >= 11 is 0. The molecule has 3 aromatic rings. The number of hydrazine groups is 1. The highest BCUT2D eigenvalue weighted by atomic mass is 16.3. The number of amides is 2. The standard InChI is InChI=1S/C17H14N2O5/c1-9-7-12(10(2)23-9)16(21)18-19-17(22)15-8-13(20)11-5-3-4-6-14(11)24-15/h3-8H,1-2H3,(H,18,21)(H,19,22). The van der Waals surface area contributed by atoms with Crippen LogP contribution in [-0.2, 0) is 0 Å². The first kappa shape index (κ1) is 15.5. The van der Waals surface area contributed by atoms with Crippen LogP contribution in [0.3, 0.4) is 0 Å². The molecule has 0 bridgehead atoms. The van der Waals surface area contributed by atoms with Gasteiger partial charge in [0.05, 0.1) is 10.9 Å². The lowest BCUT2D eigenvalue weighted by Crippen LogP contribution is -2.41. The average molecular weight is 326 g/mol. The van der Waals surface area contributed by atoms with E-state index in [9.17, 15) is 14.4 Å². The molecule has 2 amide bonds. The molecule has 2 heterocycles. The molecule has 3 rings (SSSR count). The highest BCUT2D eigenvalue weighted by molar-refractivity contribution is 5.99. The number of para-hydroxylation sites is 1. The van der Waals surface area contributed by atoms with Crippen molar-refractivity contribution >= 4 is 22.8 Å². The molecule has 7 nitrogen and oxygen atoms in total. The summed E-state index contributed by atoms with van der Waals surface area (Å²) in [7, 11) is 0. The summed E-state index contributed by atoms with van der Waals surface area (Å²) in [6, 6.07) is 9.23. The monoisotopic (exact) mass is 326 g/mol. The maximum atomic E-state index is 12.1. The van der Waals surface area contributed by atoms with Crippen LogP contribution in [0.2, 0.25) is 0 Å². The van der Waals surface area contributed by atoms with E-state index in [-0.39, 0.29) is 11.2 Å². The molecule has 0 fully saturated rings. The Kier molecular flexibility index (Phi) is 3.91. The van der Waals surface area contributed by atoms with E-state index in [1.165, 1.54) is 0 Å². The largest absolute Gasteiger partial charge is 0.466 e. The molecule has 0 spiro atoms. The van der Waals surface area contributed by atoms with Crippen LogP contribution in [0.5, 0.6) is 0 Å². The first-order valence-corrected chi connectivity index (χ1v) is 7.16. The lowest BCUT2D eigenvalue weighted by atomic mass is 10.2. The van der Waals surface area contributed by atoms with E-state index in [4.69, 9.17) is 8.83 Å². The molecule has 0 unspecified atom stereocenters. The van der Waals surface area contributed by atoms with E-state index >= 15 is 0 Å². The van der Waals surface area contributed by atoms with Crippen LogP contribution in [0.4, 0.5) is 0 Å². The molecule has 0 saturated heterocycles. The zero-order valence-corrected chi connectivity index (χ0v) is 13.0. The molecule has 0 aliphatic carbocycles. The minimum Gasteiger partial charge on any atom is -0.466 e. The number of carbonyl (C=O) groups excluding carboxylic acids is 2. The van der Waals surface area contributed by atoms with Gasteiger partial charge < -0.3 is 8.83 Å². The van der Waals surface area contributed by atoms with Crippen molar-refractivity contribution in [1.29, 1.82) is 0 Å². The zero-order valence-electron chi connectivity index (χ0n) is 13.0. The van der Waals surface area contributed by atoms with Crippen molar-refractivity contribution in [2.24, 2.45) is 0 Å². The number of carbonyl (C=O) groups is 2. The Morgan fingerprint density at radius 3 is 2.38 bits per heavy atom. The van der Waals surface area contributed by atoms with Gasteiger partial charge in [-0.15, -0.1) is 0 Å². The summed E-state index contributed by atoms with van der Waals surface area (Å²) in [5.41, 5.74) is 4.74. The highest BCUT2D eigenvalue weighted by Crippen LogP contribution is 2.13. The number of hydrogen-bond donors (Lipinski definition) is 2. The van der Waals surface area contributed by atoms with E-state index in [1.807, 2.05) is 0 Å². The van der Waals surface area contributed by atoms with Crippen molar-refractivity contribution in [3.63, 3.8) is 0 Å². The van der Waals surface area contributed by atoms with E-state index in [1.54, 1.807) is 44.2 Å². The molecule has 122 valence electrons. The lowest BCUT2D eigenvalue weighted by molar-refractivity contribution is 0.0830. The van der Waals surface area contributed by atoms with Crippen molar-refractivity contribution in [2.75, 3.05) is 0 Å². The van der Waals surface area contributed by atoms with E-state index < -0.39 is 11.8 Å². The molecule has 7 heteroatoms.